The quantitative estimate of drug-likeness (QED) is 0.443. The molecule has 0 fully saturated rings. The van der Waals surface area contributed by atoms with Crippen molar-refractivity contribution in [3.05, 3.63) is 18.2 Å². The predicted molar refractivity (Wildman–Crippen MR) is 56.7 cm³/mol. The smallest absolute Gasteiger partial charge is 0.117 e. The lowest BCUT2D eigenvalue weighted by Crippen LogP contribution is -2.06. The van der Waals surface area contributed by atoms with E-state index in [1.54, 1.807) is 18.1 Å². The minimum absolute atomic E-state index is 0.825. The third kappa shape index (κ3) is 3.98. The maximum absolute atomic E-state index is 4.12. The lowest BCUT2D eigenvalue weighted by Gasteiger charge is -2.09. The van der Waals surface area contributed by atoms with E-state index < -0.39 is 0 Å². The Kier molecular flexibility index (Phi) is 4.39. The number of nitrogens with one attached hydrogen (secondary N) is 1. The van der Waals surface area contributed by atoms with Gasteiger partial charge in [-0.05, 0) is 18.9 Å². The van der Waals surface area contributed by atoms with Crippen molar-refractivity contribution in [1.82, 2.24) is 14.3 Å². The van der Waals surface area contributed by atoms with E-state index in [4.69, 9.17) is 0 Å². The summed E-state index contributed by atoms with van der Waals surface area (Å²) in [4.78, 5) is 11.3. The Bertz CT molecular complexity index is 245. The van der Waals surface area contributed by atoms with Gasteiger partial charge in [0, 0.05) is 26.0 Å². The third-order valence-electron chi connectivity index (χ3n) is 1.39. The number of nitrogens with zero attached hydrogens (tertiary/aromatic N) is 3. The van der Waals surface area contributed by atoms with Crippen molar-refractivity contribution < 1.29 is 0 Å². The Balaban J connectivity index is 2.22. The first-order valence-corrected chi connectivity index (χ1v) is 5.11. The molecule has 1 aromatic heterocycles. The van der Waals surface area contributed by atoms with Gasteiger partial charge in [-0.2, -0.15) is 0 Å². The molecule has 1 heterocycles. The summed E-state index contributed by atoms with van der Waals surface area (Å²) >= 11 is 1.66. The number of aliphatic imine (C=N–C) groups is 1. The van der Waals surface area contributed by atoms with Crippen LogP contribution < -0.4 is 0 Å². The molecular formula is C8H14N4S. The molecule has 0 saturated heterocycles. The van der Waals surface area contributed by atoms with Gasteiger partial charge in [0.25, 0.3) is 0 Å². The van der Waals surface area contributed by atoms with Crippen LogP contribution in [0.3, 0.4) is 0 Å². The average Bonchev–Trinajstić information content (AvgIpc) is 2.64. The molecule has 72 valence electrons. The summed E-state index contributed by atoms with van der Waals surface area (Å²) in [7, 11) is 1.98. The maximum atomic E-state index is 4.12. The first-order chi connectivity index (χ1) is 6.33. The molecule has 0 aromatic carbocycles. The summed E-state index contributed by atoms with van der Waals surface area (Å²) in [6, 6.07) is 0. The molecule has 1 N–H and O–H groups in total. The van der Waals surface area contributed by atoms with Crippen molar-refractivity contribution in [2.45, 2.75) is 12.7 Å². The monoisotopic (exact) mass is 198 g/mol. The van der Waals surface area contributed by atoms with Crippen LogP contribution in [0.4, 0.5) is 0 Å². The van der Waals surface area contributed by atoms with Crippen molar-refractivity contribution >= 4 is 18.3 Å². The Morgan fingerprint density at radius 1 is 1.77 bits per heavy atom. The van der Waals surface area contributed by atoms with Gasteiger partial charge in [0.2, 0.25) is 0 Å². The van der Waals surface area contributed by atoms with Crippen LogP contribution in [0, 0.1) is 0 Å². The van der Waals surface area contributed by atoms with Gasteiger partial charge in [-0.3, -0.25) is 4.99 Å². The second-order valence-corrected chi connectivity index (χ2v) is 3.59. The summed E-state index contributed by atoms with van der Waals surface area (Å²) < 4.78 is 1.98. The normalized spacial score (nSPS) is 10.9. The Labute approximate surface area is 82.6 Å². The van der Waals surface area contributed by atoms with E-state index >= 15 is 0 Å². The van der Waals surface area contributed by atoms with Crippen molar-refractivity contribution in [2.24, 2.45) is 4.99 Å². The molecule has 5 heteroatoms. The number of hydrogen-bond donors (Lipinski definition) is 1. The van der Waals surface area contributed by atoms with Crippen molar-refractivity contribution in [1.29, 1.82) is 0 Å². The van der Waals surface area contributed by atoms with E-state index in [2.05, 4.69) is 15.0 Å². The van der Waals surface area contributed by atoms with Gasteiger partial charge in [0.05, 0.1) is 12.1 Å². The fraction of sp³-hybridized carbons (Fsp3) is 0.500. The Morgan fingerprint density at radius 2 is 2.62 bits per heavy atom. The van der Waals surface area contributed by atoms with Crippen molar-refractivity contribution in [2.75, 3.05) is 13.6 Å². The molecule has 0 atom stereocenters. The molecule has 0 aliphatic rings. The first kappa shape index (κ1) is 10.1. The van der Waals surface area contributed by atoms with Crippen LogP contribution in [-0.2, 0) is 5.75 Å². The minimum Gasteiger partial charge on any atom is -0.348 e. The van der Waals surface area contributed by atoms with Gasteiger partial charge < -0.3 is 9.29 Å². The molecule has 0 unspecified atom stereocenters. The minimum atomic E-state index is 0.825. The molecule has 1 rings (SSSR count). The molecule has 0 radical (unpaired) electrons. The number of H-pyrrole nitrogens is 1. The predicted octanol–water partition coefficient (Wildman–Crippen LogP) is 1.54. The van der Waals surface area contributed by atoms with Gasteiger partial charge in [0.15, 0.2) is 0 Å². The summed E-state index contributed by atoms with van der Waals surface area (Å²) in [6.07, 6.45) is 5.42. The number of imidazole rings is 1. The Hall–Kier alpha value is -0.970. The molecule has 0 bridgehead atoms. The highest BCUT2D eigenvalue weighted by molar-refractivity contribution is 7.96. The number of rotatable bonds is 5. The molecule has 0 aliphatic heterocycles. The zero-order chi connectivity index (χ0) is 9.52. The Morgan fingerprint density at radius 3 is 3.23 bits per heavy atom. The molecule has 0 saturated carbocycles. The van der Waals surface area contributed by atoms with E-state index in [0.29, 0.717) is 0 Å². The fourth-order valence-electron chi connectivity index (χ4n) is 0.770. The van der Waals surface area contributed by atoms with Crippen LogP contribution >= 0.6 is 11.9 Å². The number of aromatic amines is 1. The lowest BCUT2D eigenvalue weighted by molar-refractivity contribution is 0.854. The highest BCUT2D eigenvalue weighted by Crippen LogP contribution is 2.09. The second kappa shape index (κ2) is 5.64. The largest absolute Gasteiger partial charge is 0.348 e. The number of aromatic nitrogens is 2. The van der Waals surface area contributed by atoms with Crippen molar-refractivity contribution in [3.63, 3.8) is 0 Å². The van der Waals surface area contributed by atoms with Gasteiger partial charge >= 0.3 is 0 Å². The molecule has 0 spiro atoms. The van der Waals surface area contributed by atoms with E-state index in [1.807, 2.05) is 30.8 Å². The summed E-state index contributed by atoms with van der Waals surface area (Å²) in [5.41, 5.74) is 0. The standard InChI is InChI=1S/C8H14N4S/c1-3-9-7-12(2)13-6-8-10-4-5-11-8/h4-5,7H,3,6H2,1-2H3,(H,10,11). The van der Waals surface area contributed by atoms with Gasteiger partial charge in [-0.1, -0.05) is 0 Å². The van der Waals surface area contributed by atoms with Crippen LogP contribution in [0.2, 0.25) is 0 Å². The summed E-state index contributed by atoms with van der Waals surface area (Å²) in [6.45, 7) is 2.84. The van der Waals surface area contributed by atoms with E-state index in [9.17, 15) is 0 Å². The zero-order valence-electron chi connectivity index (χ0n) is 7.90. The van der Waals surface area contributed by atoms with Crippen LogP contribution in [-0.4, -0.2) is 34.2 Å². The molecule has 13 heavy (non-hydrogen) atoms. The fourth-order valence-corrected chi connectivity index (χ4v) is 1.39. The molecule has 1 aromatic rings. The van der Waals surface area contributed by atoms with Crippen LogP contribution in [0.1, 0.15) is 12.7 Å². The highest BCUT2D eigenvalue weighted by atomic mass is 32.2. The average molecular weight is 198 g/mol. The zero-order valence-corrected chi connectivity index (χ0v) is 8.71. The highest BCUT2D eigenvalue weighted by Gasteiger charge is 1.96. The van der Waals surface area contributed by atoms with E-state index in [-0.39, 0.29) is 0 Å². The molecule has 0 amide bonds. The van der Waals surface area contributed by atoms with Crippen LogP contribution in [0.5, 0.6) is 0 Å². The van der Waals surface area contributed by atoms with Crippen molar-refractivity contribution in [3.8, 4) is 0 Å². The maximum Gasteiger partial charge on any atom is 0.117 e. The summed E-state index contributed by atoms with van der Waals surface area (Å²) in [5.74, 6) is 1.83. The molecular weight excluding hydrogens is 184 g/mol. The van der Waals surface area contributed by atoms with Crippen LogP contribution in [0.15, 0.2) is 17.4 Å². The topological polar surface area (TPSA) is 44.3 Å². The first-order valence-electron chi connectivity index (χ1n) is 4.17. The number of hydrogen-bond acceptors (Lipinski definition) is 3. The van der Waals surface area contributed by atoms with Gasteiger partial charge in [-0.25, -0.2) is 4.98 Å². The summed E-state index contributed by atoms with van der Waals surface area (Å²) in [5, 5.41) is 0. The van der Waals surface area contributed by atoms with Gasteiger partial charge in [-0.15, -0.1) is 0 Å². The van der Waals surface area contributed by atoms with Crippen LogP contribution in [0.25, 0.3) is 0 Å². The third-order valence-corrected chi connectivity index (χ3v) is 2.29. The lowest BCUT2D eigenvalue weighted by atomic mass is 10.7. The van der Waals surface area contributed by atoms with E-state index in [0.717, 1.165) is 18.1 Å². The second-order valence-electron chi connectivity index (χ2n) is 2.47. The van der Waals surface area contributed by atoms with E-state index in [1.165, 1.54) is 0 Å². The molecule has 0 aliphatic carbocycles. The SMILES string of the molecule is CCN=CN(C)SCc1ncc[nH]1. The molecule has 4 nitrogen and oxygen atoms in total. The van der Waals surface area contributed by atoms with Gasteiger partial charge in [0.1, 0.15) is 5.82 Å².